The van der Waals surface area contributed by atoms with Crippen molar-refractivity contribution in [3.63, 3.8) is 0 Å². The van der Waals surface area contributed by atoms with Crippen molar-refractivity contribution >= 4 is 71.0 Å². The Morgan fingerprint density at radius 2 is 0.416 bits per heavy atom. The Bertz CT molecular complexity index is 1030. The molecule has 4 atom stereocenters. The lowest BCUT2D eigenvalue weighted by molar-refractivity contribution is -0.111. The Hall–Kier alpha value is -0.0800. The second kappa shape index (κ2) is 70.2. The summed E-state index contributed by atoms with van der Waals surface area (Å²) in [6.07, 6.45) is 54.7. The maximum Gasteiger partial charge on any atom is 0.185 e. The van der Waals surface area contributed by atoms with Gasteiger partial charge >= 0.3 is 0 Å². The van der Waals surface area contributed by atoms with Crippen LogP contribution in [0.5, 0.6) is 0 Å². The smallest absolute Gasteiger partial charge is 0.185 e. The van der Waals surface area contributed by atoms with Crippen LogP contribution in [0.2, 0.25) is 0 Å². The van der Waals surface area contributed by atoms with Gasteiger partial charge in [-0.3, -0.25) is 19.2 Å². The van der Waals surface area contributed by atoms with E-state index in [9.17, 15) is 19.2 Å². The van der Waals surface area contributed by atoms with Crippen molar-refractivity contribution < 1.29 is 39.6 Å². The lowest BCUT2D eigenvalue weighted by atomic mass is 9.90. The summed E-state index contributed by atoms with van der Waals surface area (Å²) < 4.78 is 0. The average molecular weight is 1170 g/mol. The minimum Gasteiger partial charge on any atom is -0.396 e. The lowest BCUT2D eigenvalue weighted by Crippen LogP contribution is -2.37. The number of aliphatic hydroxyl groups excluding tert-OH is 4. The van der Waals surface area contributed by atoms with Gasteiger partial charge in [-0.15, -0.1) is 50.5 Å². The van der Waals surface area contributed by atoms with Crippen molar-refractivity contribution in [2.75, 3.05) is 26.4 Å². The van der Waals surface area contributed by atoms with Gasteiger partial charge in [0.15, 0.2) is 20.5 Å². The van der Waals surface area contributed by atoms with E-state index in [1.165, 1.54) is 231 Å². The number of carbonyl (C=O) groups is 4. The normalized spacial score (nSPS) is 12.6. The third-order valence-corrected chi connectivity index (χ3v) is 16.0. The number of unbranched alkanes of at least 4 members (excludes halogenated alkanes) is 16. The number of hydrogen-bond donors (Lipinski definition) is 8. The maximum absolute atomic E-state index is 10.8. The SMILES string of the molecule is CCCCCCC(CCCC)CCCC(=O)S.CCCCCCC(CCCC)CCCC(=O)S.CCCCCCC(CCCC)CCCC(=O)S.CCCCCCC(CCCC)CCCC(=O)S.OCC(CO)(CO)CO. The third kappa shape index (κ3) is 72.0. The van der Waals surface area contributed by atoms with Crippen LogP contribution in [0.25, 0.3) is 0 Å². The van der Waals surface area contributed by atoms with Crippen LogP contribution in [0.4, 0.5) is 0 Å². The molecule has 0 aromatic rings. The van der Waals surface area contributed by atoms with Crippen molar-refractivity contribution in [3.05, 3.63) is 0 Å². The van der Waals surface area contributed by atoms with Crippen LogP contribution < -0.4 is 0 Å². The molecule has 4 N–H and O–H groups in total. The van der Waals surface area contributed by atoms with Gasteiger partial charge in [-0.1, -0.05) is 261 Å². The minimum atomic E-state index is -1.11. The molecule has 77 heavy (non-hydrogen) atoms. The molecule has 0 aromatic heterocycles. The molecule has 0 aliphatic carbocycles. The van der Waals surface area contributed by atoms with E-state index in [1.807, 2.05) is 0 Å². The van der Waals surface area contributed by atoms with Crippen LogP contribution in [-0.2, 0) is 19.2 Å². The molecule has 0 heterocycles. The molecule has 0 aromatic carbocycles. The molecule has 12 heteroatoms. The first-order valence-corrected chi connectivity index (χ1v) is 34.1. The zero-order valence-electron chi connectivity index (χ0n) is 52.0. The van der Waals surface area contributed by atoms with Crippen LogP contribution in [0.1, 0.15) is 338 Å². The fourth-order valence-corrected chi connectivity index (χ4v) is 10.2. The van der Waals surface area contributed by atoms with E-state index < -0.39 is 31.8 Å². The van der Waals surface area contributed by atoms with Gasteiger partial charge in [0.2, 0.25) is 0 Å². The van der Waals surface area contributed by atoms with Gasteiger partial charge in [0.05, 0.1) is 31.8 Å². The standard InChI is InChI=1S/4C15H30OS.C5H12O4/c4*1-3-5-7-8-11-14(10-6-4-2)12-9-13-15(16)17;6-1-5(2-7,3-8)4-9/h4*14H,3-13H2,1-2H3,(H,16,17);6-9H,1-4H2. The van der Waals surface area contributed by atoms with Gasteiger partial charge in [0.25, 0.3) is 0 Å². The van der Waals surface area contributed by atoms with E-state index in [1.54, 1.807) is 0 Å². The highest BCUT2D eigenvalue weighted by molar-refractivity contribution is 7.97. The summed E-state index contributed by atoms with van der Waals surface area (Å²) >= 11 is 15.3. The van der Waals surface area contributed by atoms with Crippen molar-refractivity contribution in [1.29, 1.82) is 0 Å². The van der Waals surface area contributed by atoms with E-state index in [4.69, 9.17) is 20.4 Å². The summed E-state index contributed by atoms with van der Waals surface area (Å²) in [6.45, 7) is 16.4. The highest BCUT2D eigenvalue weighted by Gasteiger charge is 2.26. The van der Waals surface area contributed by atoms with Crippen LogP contribution >= 0.6 is 50.5 Å². The molecule has 0 bridgehead atoms. The van der Waals surface area contributed by atoms with Gasteiger partial charge < -0.3 is 20.4 Å². The molecule has 0 aliphatic heterocycles. The number of carbonyl (C=O) groups excluding carboxylic acids is 4. The molecule has 0 spiro atoms. The summed E-state index contributed by atoms with van der Waals surface area (Å²) in [5, 5.41) is 34.2. The van der Waals surface area contributed by atoms with Crippen LogP contribution in [0, 0.1) is 29.1 Å². The molecule has 464 valence electrons. The zero-order chi connectivity index (χ0) is 59.1. The summed E-state index contributed by atoms with van der Waals surface area (Å²) in [4.78, 5) is 43.2. The van der Waals surface area contributed by atoms with Crippen molar-refractivity contribution in [2.45, 2.75) is 338 Å². The summed E-state index contributed by atoms with van der Waals surface area (Å²) in [7, 11) is 0. The van der Waals surface area contributed by atoms with Gasteiger partial charge in [0.1, 0.15) is 0 Å². The molecular formula is C65H132O8S4. The molecule has 0 rings (SSSR count). The molecule has 0 fully saturated rings. The second-order valence-corrected chi connectivity index (χ2v) is 24.7. The quantitative estimate of drug-likeness (QED) is 0.0222. The maximum atomic E-state index is 10.8. The molecule has 0 amide bonds. The first kappa shape index (κ1) is 85.7. The van der Waals surface area contributed by atoms with Crippen molar-refractivity contribution in [3.8, 4) is 0 Å². The molecule has 8 nitrogen and oxygen atoms in total. The molecular weight excluding hydrogens is 1040 g/mol. The van der Waals surface area contributed by atoms with Crippen LogP contribution in [0.3, 0.4) is 0 Å². The Labute approximate surface area is 501 Å². The van der Waals surface area contributed by atoms with Crippen LogP contribution in [0.15, 0.2) is 0 Å². The second-order valence-electron chi connectivity index (χ2n) is 22.7. The van der Waals surface area contributed by atoms with E-state index in [0.717, 1.165) is 49.4 Å². The molecule has 0 aliphatic rings. The fourth-order valence-electron chi connectivity index (χ4n) is 9.61. The Kier molecular flexibility index (Phi) is 78.1. The van der Waals surface area contributed by atoms with E-state index in [2.05, 4.69) is 106 Å². The van der Waals surface area contributed by atoms with Gasteiger partial charge in [-0.2, -0.15) is 0 Å². The van der Waals surface area contributed by atoms with Gasteiger partial charge in [-0.05, 0) is 75.0 Å². The summed E-state index contributed by atoms with van der Waals surface area (Å²) in [6, 6.07) is 0. The Morgan fingerprint density at radius 3 is 0.545 bits per heavy atom. The third-order valence-electron chi connectivity index (χ3n) is 15.1. The minimum absolute atomic E-state index is 0.0465. The highest BCUT2D eigenvalue weighted by Crippen LogP contribution is 2.27. The van der Waals surface area contributed by atoms with Gasteiger partial charge in [0, 0.05) is 25.7 Å². The summed E-state index contributed by atoms with van der Waals surface area (Å²) in [5.74, 6) is 3.39. The van der Waals surface area contributed by atoms with Crippen molar-refractivity contribution in [2.24, 2.45) is 29.1 Å². The number of aliphatic hydroxyl groups is 4. The largest absolute Gasteiger partial charge is 0.396 e. The zero-order valence-corrected chi connectivity index (χ0v) is 55.5. The molecule has 0 saturated carbocycles. The lowest BCUT2D eigenvalue weighted by Gasteiger charge is -2.23. The average Bonchev–Trinajstić information content (AvgIpc) is 3.41. The first-order chi connectivity index (χ1) is 37.1. The van der Waals surface area contributed by atoms with E-state index in [-0.39, 0.29) is 20.5 Å². The number of thiol groups is 4. The van der Waals surface area contributed by atoms with Crippen molar-refractivity contribution in [1.82, 2.24) is 0 Å². The van der Waals surface area contributed by atoms with E-state index in [0.29, 0.717) is 25.7 Å². The topological polar surface area (TPSA) is 149 Å². The predicted octanol–water partition coefficient (Wildman–Crippen LogP) is 19.5. The Balaban J connectivity index is -0.000000284. The fraction of sp³-hybridized carbons (Fsp3) is 0.938. The van der Waals surface area contributed by atoms with E-state index >= 15 is 0 Å². The highest BCUT2D eigenvalue weighted by atomic mass is 32.1. The summed E-state index contributed by atoms with van der Waals surface area (Å²) in [5.41, 5.74) is -1.11. The van der Waals surface area contributed by atoms with Crippen LogP contribution in [-0.4, -0.2) is 67.3 Å². The monoisotopic (exact) mass is 1170 g/mol. The molecule has 0 saturated heterocycles. The number of hydrogen-bond acceptors (Lipinski definition) is 8. The first-order valence-electron chi connectivity index (χ1n) is 32.4. The molecule has 0 radical (unpaired) electrons. The Morgan fingerprint density at radius 1 is 0.260 bits per heavy atom. The number of rotatable bonds is 52. The molecule has 4 unspecified atom stereocenters. The predicted molar refractivity (Wildman–Crippen MR) is 349 cm³/mol. The van der Waals surface area contributed by atoms with Gasteiger partial charge in [-0.25, -0.2) is 0 Å².